The van der Waals surface area contributed by atoms with E-state index in [1.165, 1.54) is 23.0 Å². The maximum absolute atomic E-state index is 13.8. The number of halogens is 3. The van der Waals surface area contributed by atoms with Crippen molar-refractivity contribution in [1.82, 2.24) is 9.78 Å². The second kappa shape index (κ2) is 6.47. The lowest BCUT2D eigenvalue weighted by atomic mass is 10.1. The van der Waals surface area contributed by atoms with Crippen LogP contribution in [0.1, 0.15) is 16.1 Å². The van der Waals surface area contributed by atoms with Crippen molar-refractivity contribution >= 4 is 33.3 Å². The Balaban J connectivity index is 2.40. The second-order valence-electron chi connectivity index (χ2n) is 4.01. The highest BCUT2D eigenvalue weighted by molar-refractivity contribution is 9.10. The molecule has 0 N–H and O–H groups in total. The van der Waals surface area contributed by atoms with Gasteiger partial charge in [0.15, 0.2) is 0 Å². The summed E-state index contributed by atoms with van der Waals surface area (Å²) in [7, 11) is 1.55. The highest BCUT2D eigenvalue weighted by Gasteiger charge is 2.21. The number of ether oxygens (including phenoxy) is 1. The van der Waals surface area contributed by atoms with Crippen LogP contribution in [-0.4, -0.2) is 29.3 Å². The maximum Gasteiger partial charge on any atom is 0.215 e. The zero-order valence-corrected chi connectivity index (χ0v) is 12.9. The van der Waals surface area contributed by atoms with E-state index < -0.39 is 11.6 Å². The van der Waals surface area contributed by atoms with E-state index in [1.54, 1.807) is 7.11 Å². The smallest absolute Gasteiger partial charge is 0.215 e. The van der Waals surface area contributed by atoms with Gasteiger partial charge in [-0.2, -0.15) is 5.10 Å². The summed E-state index contributed by atoms with van der Waals surface area (Å²) < 4.78 is 20.8. The first-order valence-electron chi connectivity index (χ1n) is 5.74. The van der Waals surface area contributed by atoms with Gasteiger partial charge in [-0.25, -0.2) is 4.39 Å². The third-order valence-corrected chi connectivity index (χ3v) is 3.51. The fraction of sp³-hybridized carbons (Fsp3) is 0.231. The Kier molecular flexibility index (Phi) is 4.91. The molecule has 106 valence electrons. The number of carbonyl (C=O) groups is 1. The second-order valence-corrected chi connectivity index (χ2v) is 5.30. The van der Waals surface area contributed by atoms with Gasteiger partial charge in [0.1, 0.15) is 11.5 Å². The summed E-state index contributed by atoms with van der Waals surface area (Å²) in [6.07, 6.45) is 1.50. The fourth-order valence-electron chi connectivity index (χ4n) is 1.74. The van der Waals surface area contributed by atoms with Gasteiger partial charge in [-0.15, -0.1) is 0 Å². The molecule has 4 nitrogen and oxygen atoms in total. The van der Waals surface area contributed by atoms with Gasteiger partial charge in [0.25, 0.3) is 0 Å². The molecular weight excluding hydrogens is 351 g/mol. The molecular formula is C13H11BrClFN2O2. The average Bonchev–Trinajstić information content (AvgIpc) is 2.77. The van der Waals surface area contributed by atoms with E-state index >= 15 is 0 Å². The number of hydrogen-bond donors (Lipinski definition) is 0. The molecule has 1 aromatic heterocycles. The quantitative estimate of drug-likeness (QED) is 0.768. The molecule has 0 atom stereocenters. The average molecular weight is 362 g/mol. The van der Waals surface area contributed by atoms with E-state index in [2.05, 4.69) is 21.0 Å². The van der Waals surface area contributed by atoms with Crippen molar-refractivity contribution in [2.45, 2.75) is 6.54 Å². The summed E-state index contributed by atoms with van der Waals surface area (Å²) in [5.74, 6) is -1.12. The van der Waals surface area contributed by atoms with Crippen molar-refractivity contribution in [1.29, 1.82) is 0 Å². The molecule has 0 amide bonds. The Hall–Kier alpha value is -1.24. The number of nitrogens with zero attached hydrogens (tertiary/aromatic N) is 2. The molecule has 0 saturated heterocycles. The summed E-state index contributed by atoms with van der Waals surface area (Å²) >= 11 is 8.94. The standard InChI is InChI=1S/C13H11BrClFN2O2/c1-20-5-4-18-12(10(14)7-17-18)13(19)9-3-2-8(15)6-11(9)16/h2-3,6-7H,4-5H2,1H3. The van der Waals surface area contributed by atoms with Crippen LogP contribution in [0.4, 0.5) is 4.39 Å². The molecule has 0 aliphatic rings. The van der Waals surface area contributed by atoms with Gasteiger partial charge in [0.05, 0.1) is 29.4 Å². The van der Waals surface area contributed by atoms with E-state index in [0.29, 0.717) is 17.6 Å². The van der Waals surface area contributed by atoms with Crippen molar-refractivity contribution in [3.8, 4) is 0 Å². The van der Waals surface area contributed by atoms with Gasteiger partial charge in [0.2, 0.25) is 5.78 Å². The largest absolute Gasteiger partial charge is 0.383 e. The molecule has 0 fully saturated rings. The number of aromatic nitrogens is 2. The zero-order valence-electron chi connectivity index (χ0n) is 10.6. The van der Waals surface area contributed by atoms with Gasteiger partial charge in [-0.1, -0.05) is 11.6 Å². The van der Waals surface area contributed by atoms with Crippen LogP contribution in [-0.2, 0) is 11.3 Å². The van der Waals surface area contributed by atoms with Crippen LogP contribution in [0, 0.1) is 5.82 Å². The van der Waals surface area contributed by atoms with Crippen molar-refractivity contribution in [3.05, 3.63) is 51.0 Å². The fourth-order valence-corrected chi connectivity index (χ4v) is 2.37. The number of carbonyl (C=O) groups excluding carboxylic acids is 1. The van der Waals surface area contributed by atoms with Gasteiger partial charge < -0.3 is 4.74 Å². The third kappa shape index (κ3) is 3.08. The van der Waals surface area contributed by atoms with Crippen LogP contribution in [0.3, 0.4) is 0 Å². The van der Waals surface area contributed by atoms with E-state index in [1.807, 2.05) is 0 Å². The van der Waals surface area contributed by atoms with E-state index in [4.69, 9.17) is 16.3 Å². The van der Waals surface area contributed by atoms with Crippen LogP contribution in [0.5, 0.6) is 0 Å². The number of methoxy groups -OCH3 is 1. The Labute approximate surface area is 128 Å². The molecule has 2 rings (SSSR count). The molecule has 0 aliphatic carbocycles. The summed E-state index contributed by atoms with van der Waals surface area (Å²) in [5.41, 5.74) is 0.234. The molecule has 0 radical (unpaired) electrons. The molecule has 0 saturated carbocycles. The molecule has 20 heavy (non-hydrogen) atoms. The van der Waals surface area contributed by atoms with Crippen molar-refractivity contribution in [2.24, 2.45) is 0 Å². The minimum absolute atomic E-state index is 0.0470. The highest BCUT2D eigenvalue weighted by atomic mass is 79.9. The number of hydrogen-bond acceptors (Lipinski definition) is 3. The van der Waals surface area contributed by atoms with E-state index in [9.17, 15) is 9.18 Å². The van der Waals surface area contributed by atoms with Gasteiger partial charge in [0, 0.05) is 12.1 Å². The van der Waals surface area contributed by atoms with Crippen LogP contribution in [0.2, 0.25) is 5.02 Å². The van der Waals surface area contributed by atoms with Gasteiger partial charge in [-0.05, 0) is 34.1 Å². The minimum atomic E-state index is -0.658. The van der Waals surface area contributed by atoms with Crippen LogP contribution in [0.25, 0.3) is 0 Å². The van der Waals surface area contributed by atoms with Crippen LogP contribution in [0.15, 0.2) is 28.9 Å². The van der Waals surface area contributed by atoms with Crippen LogP contribution < -0.4 is 0 Å². The number of rotatable bonds is 5. The molecule has 2 aromatic rings. The summed E-state index contributed by atoms with van der Waals surface area (Å²) in [6.45, 7) is 0.801. The maximum atomic E-state index is 13.8. The molecule has 0 unspecified atom stereocenters. The molecule has 1 heterocycles. The monoisotopic (exact) mass is 360 g/mol. The molecule has 0 aliphatic heterocycles. The predicted octanol–water partition coefficient (Wildman–Crippen LogP) is 3.32. The Morgan fingerprint density at radius 1 is 1.55 bits per heavy atom. The van der Waals surface area contributed by atoms with Crippen molar-refractivity contribution in [2.75, 3.05) is 13.7 Å². The molecule has 7 heteroatoms. The Bertz CT molecular complexity index is 645. The minimum Gasteiger partial charge on any atom is -0.383 e. The van der Waals surface area contributed by atoms with E-state index in [-0.39, 0.29) is 16.3 Å². The molecule has 0 bridgehead atoms. The van der Waals surface area contributed by atoms with Gasteiger partial charge >= 0.3 is 0 Å². The predicted molar refractivity (Wildman–Crippen MR) is 76.6 cm³/mol. The van der Waals surface area contributed by atoms with E-state index in [0.717, 1.165) is 6.07 Å². The first-order valence-corrected chi connectivity index (χ1v) is 6.91. The highest BCUT2D eigenvalue weighted by Crippen LogP contribution is 2.23. The topological polar surface area (TPSA) is 44.1 Å². The molecule has 1 aromatic carbocycles. The first kappa shape index (κ1) is 15.2. The summed E-state index contributed by atoms with van der Waals surface area (Å²) in [4.78, 5) is 12.4. The number of ketones is 1. The summed E-state index contributed by atoms with van der Waals surface area (Å²) in [5, 5.41) is 4.31. The lowest BCUT2D eigenvalue weighted by molar-refractivity contribution is 0.102. The van der Waals surface area contributed by atoms with Crippen molar-refractivity contribution < 1.29 is 13.9 Å². The molecule has 0 spiro atoms. The number of benzene rings is 1. The normalized spacial score (nSPS) is 10.8. The SMILES string of the molecule is COCCn1ncc(Br)c1C(=O)c1ccc(Cl)cc1F. The first-order chi connectivity index (χ1) is 9.54. The lowest BCUT2D eigenvalue weighted by Crippen LogP contribution is -2.15. The zero-order chi connectivity index (χ0) is 14.7. The summed E-state index contributed by atoms with van der Waals surface area (Å²) in [6, 6.07) is 3.94. The third-order valence-electron chi connectivity index (χ3n) is 2.69. The van der Waals surface area contributed by atoms with Crippen LogP contribution >= 0.6 is 27.5 Å². The lowest BCUT2D eigenvalue weighted by Gasteiger charge is -2.08. The van der Waals surface area contributed by atoms with Crippen molar-refractivity contribution in [3.63, 3.8) is 0 Å². The van der Waals surface area contributed by atoms with Gasteiger partial charge in [-0.3, -0.25) is 9.48 Å². The Morgan fingerprint density at radius 2 is 2.30 bits per heavy atom. The Morgan fingerprint density at radius 3 is 2.95 bits per heavy atom.